The van der Waals surface area contributed by atoms with Crippen LogP contribution < -0.4 is 4.90 Å². The van der Waals surface area contributed by atoms with Crippen molar-refractivity contribution >= 4 is 22.4 Å². The summed E-state index contributed by atoms with van der Waals surface area (Å²) in [7, 11) is 0. The fourth-order valence-corrected chi connectivity index (χ4v) is 3.25. The molecule has 3 aromatic heterocycles. The SMILES string of the molecule is c1ccc2ncc(-c3cnn4ccc(N5CCOCC5)nc34)cc2c1. The first kappa shape index (κ1) is 14.4. The molecule has 6 heteroatoms. The van der Waals surface area contributed by atoms with Gasteiger partial charge in [-0.15, -0.1) is 0 Å². The number of ether oxygens (including phenoxy) is 1. The van der Waals surface area contributed by atoms with Gasteiger partial charge in [-0.1, -0.05) is 18.2 Å². The van der Waals surface area contributed by atoms with Crippen LogP contribution in [0, 0.1) is 0 Å². The van der Waals surface area contributed by atoms with Gasteiger partial charge in [0.2, 0.25) is 0 Å². The highest BCUT2D eigenvalue weighted by molar-refractivity contribution is 5.86. The first-order chi connectivity index (χ1) is 12.4. The number of morpholine rings is 1. The van der Waals surface area contributed by atoms with E-state index in [1.54, 1.807) is 0 Å². The normalized spacial score (nSPS) is 15.1. The van der Waals surface area contributed by atoms with E-state index in [1.807, 2.05) is 47.4 Å². The summed E-state index contributed by atoms with van der Waals surface area (Å²) < 4.78 is 7.25. The average Bonchev–Trinajstić information content (AvgIpc) is 3.11. The predicted molar refractivity (Wildman–Crippen MR) is 96.8 cm³/mol. The molecule has 4 aromatic rings. The number of nitrogens with zero attached hydrogens (tertiary/aromatic N) is 5. The number of para-hydroxylation sites is 1. The van der Waals surface area contributed by atoms with Crippen molar-refractivity contribution in [1.82, 2.24) is 19.6 Å². The Bertz CT molecular complexity index is 1050. The van der Waals surface area contributed by atoms with Crippen LogP contribution in [-0.4, -0.2) is 45.9 Å². The fraction of sp³-hybridized carbons (Fsp3) is 0.211. The van der Waals surface area contributed by atoms with Crippen LogP contribution in [0.15, 0.2) is 55.0 Å². The van der Waals surface area contributed by atoms with Gasteiger partial charge >= 0.3 is 0 Å². The van der Waals surface area contributed by atoms with Gasteiger partial charge in [-0.2, -0.15) is 5.10 Å². The second kappa shape index (κ2) is 5.82. The lowest BCUT2D eigenvalue weighted by Gasteiger charge is -2.27. The molecule has 6 nitrogen and oxygen atoms in total. The van der Waals surface area contributed by atoms with Crippen molar-refractivity contribution in [3.63, 3.8) is 0 Å². The summed E-state index contributed by atoms with van der Waals surface area (Å²) in [5.74, 6) is 0.964. The Balaban J connectivity index is 1.62. The summed E-state index contributed by atoms with van der Waals surface area (Å²) >= 11 is 0. The van der Waals surface area contributed by atoms with Gasteiger partial charge in [-0.05, 0) is 18.2 Å². The second-order valence-corrected chi connectivity index (χ2v) is 6.13. The van der Waals surface area contributed by atoms with Crippen molar-refractivity contribution < 1.29 is 4.74 Å². The number of fused-ring (bicyclic) bond motifs is 2. The van der Waals surface area contributed by atoms with E-state index in [4.69, 9.17) is 9.72 Å². The van der Waals surface area contributed by atoms with Crippen molar-refractivity contribution in [3.8, 4) is 11.1 Å². The highest BCUT2D eigenvalue weighted by atomic mass is 16.5. The molecule has 1 aromatic carbocycles. The van der Waals surface area contributed by atoms with Crippen LogP contribution in [0.5, 0.6) is 0 Å². The fourth-order valence-electron chi connectivity index (χ4n) is 3.25. The van der Waals surface area contributed by atoms with Gasteiger partial charge in [0.25, 0.3) is 0 Å². The third kappa shape index (κ3) is 2.51. The number of hydrogen-bond acceptors (Lipinski definition) is 5. The molecular weight excluding hydrogens is 314 g/mol. The van der Waals surface area contributed by atoms with E-state index in [1.165, 1.54) is 0 Å². The van der Waals surface area contributed by atoms with Crippen molar-refractivity contribution in [2.45, 2.75) is 0 Å². The molecule has 124 valence electrons. The minimum atomic E-state index is 0.744. The number of rotatable bonds is 2. The second-order valence-electron chi connectivity index (χ2n) is 6.13. The van der Waals surface area contributed by atoms with E-state index in [9.17, 15) is 0 Å². The lowest BCUT2D eigenvalue weighted by atomic mass is 10.1. The van der Waals surface area contributed by atoms with Gasteiger partial charge < -0.3 is 9.64 Å². The Labute approximate surface area is 144 Å². The third-order valence-electron chi connectivity index (χ3n) is 4.59. The van der Waals surface area contributed by atoms with Gasteiger partial charge in [0.05, 0.1) is 24.9 Å². The number of pyridine rings is 1. The van der Waals surface area contributed by atoms with Crippen LogP contribution in [0.25, 0.3) is 27.7 Å². The first-order valence-corrected chi connectivity index (χ1v) is 8.41. The average molecular weight is 331 g/mol. The molecule has 0 saturated carbocycles. The molecule has 0 unspecified atom stereocenters. The lowest BCUT2D eigenvalue weighted by Crippen LogP contribution is -2.36. The third-order valence-corrected chi connectivity index (χ3v) is 4.59. The molecule has 0 radical (unpaired) electrons. The zero-order valence-corrected chi connectivity index (χ0v) is 13.7. The Morgan fingerprint density at radius 1 is 1.00 bits per heavy atom. The summed E-state index contributed by atoms with van der Waals surface area (Å²) in [6.07, 6.45) is 5.71. The Morgan fingerprint density at radius 3 is 2.80 bits per heavy atom. The van der Waals surface area contributed by atoms with Crippen molar-refractivity contribution in [2.24, 2.45) is 0 Å². The molecule has 1 aliphatic heterocycles. The van der Waals surface area contributed by atoms with Crippen molar-refractivity contribution in [2.75, 3.05) is 31.2 Å². The van der Waals surface area contributed by atoms with Crippen LogP contribution >= 0.6 is 0 Å². The van der Waals surface area contributed by atoms with Crippen LogP contribution in [0.2, 0.25) is 0 Å². The number of hydrogen-bond donors (Lipinski definition) is 0. The van der Waals surface area contributed by atoms with E-state index in [-0.39, 0.29) is 0 Å². The topological polar surface area (TPSA) is 55.5 Å². The highest BCUT2D eigenvalue weighted by Crippen LogP contribution is 2.27. The molecule has 0 atom stereocenters. The maximum Gasteiger partial charge on any atom is 0.165 e. The molecular formula is C19H17N5O. The minimum absolute atomic E-state index is 0.744. The molecule has 0 N–H and O–H groups in total. The smallest absolute Gasteiger partial charge is 0.165 e. The molecule has 0 spiro atoms. The zero-order valence-electron chi connectivity index (χ0n) is 13.7. The summed E-state index contributed by atoms with van der Waals surface area (Å²) in [5, 5.41) is 5.56. The Morgan fingerprint density at radius 2 is 1.88 bits per heavy atom. The van der Waals surface area contributed by atoms with Gasteiger partial charge in [0, 0.05) is 42.0 Å². The van der Waals surface area contributed by atoms with Crippen LogP contribution in [0.1, 0.15) is 0 Å². The highest BCUT2D eigenvalue weighted by Gasteiger charge is 2.15. The Kier molecular flexibility index (Phi) is 3.34. The molecule has 4 heterocycles. The standard InChI is InChI=1S/C19H17N5O/c1-2-4-17-14(3-1)11-15(12-20-17)16-13-21-24-6-5-18(22-19(16)24)23-7-9-25-10-8-23/h1-6,11-13H,7-10H2. The summed E-state index contributed by atoms with van der Waals surface area (Å²) in [6, 6.07) is 12.3. The molecule has 1 saturated heterocycles. The number of aromatic nitrogens is 4. The molecule has 0 bridgehead atoms. The van der Waals surface area contributed by atoms with E-state index < -0.39 is 0 Å². The molecule has 1 fully saturated rings. The number of anilines is 1. The molecule has 25 heavy (non-hydrogen) atoms. The van der Waals surface area contributed by atoms with Crippen LogP contribution in [-0.2, 0) is 4.74 Å². The lowest BCUT2D eigenvalue weighted by molar-refractivity contribution is 0.122. The monoisotopic (exact) mass is 331 g/mol. The van der Waals surface area contributed by atoms with Gasteiger partial charge in [-0.3, -0.25) is 4.98 Å². The van der Waals surface area contributed by atoms with Gasteiger partial charge in [0.1, 0.15) is 5.82 Å². The molecule has 0 amide bonds. The summed E-state index contributed by atoms with van der Waals surface area (Å²) in [5.41, 5.74) is 3.86. The van der Waals surface area contributed by atoms with E-state index in [0.717, 1.165) is 59.8 Å². The Hall–Kier alpha value is -2.99. The maximum atomic E-state index is 5.43. The largest absolute Gasteiger partial charge is 0.378 e. The number of benzene rings is 1. The zero-order chi connectivity index (χ0) is 16.6. The van der Waals surface area contributed by atoms with Crippen LogP contribution in [0.4, 0.5) is 5.82 Å². The van der Waals surface area contributed by atoms with Crippen molar-refractivity contribution in [3.05, 3.63) is 55.0 Å². The van der Waals surface area contributed by atoms with E-state index in [2.05, 4.69) is 27.1 Å². The predicted octanol–water partition coefficient (Wildman–Crippen LogP) is 2.78. The van der Waals surface area contributed by atoms with E-state index in [0.29, 0.717) is 0 Å². The van der Waals surface area contributed by atoms with Crippen molar-refractivity contribution in [1.29, 1.82) is 0 Å². The van der Waals surface area contributed by atoms with Crippen LogP contribution in [0.3, 0.4) is 0 Å². The first-order valence-electron chi connectivity index (χ1n) is 8.41. The summed E-state index contributed by atoms with van der Waals surface area (Å²) in [4.78, 5) is 11.7. The minimum Gasteiger partial charge on any atom is -0.378 e. The van der Waals surface area contributed by atoms with Gasteiger partial charge in [0.15, 0.2) is 5.65 Å². The molecule has 1 aliphatic rings. The molecule has 5 rings (SSSR count). The molecule has 0 aliphatic carbocycles. The quantitative estimate of drug-likeness (QED) is 0.565. The van der Waals surface area contributed by atoms with Gasteiger partial charge in [-0.25, -0.2) is 9.50 Å². The van der Waals surface area contributed by atoms with E-state index >= 15 is 0 Å². The maximum absolute atomic E-state index is 5.43. The summed E-state index contributed by atoms with van der Waals surface area (Å²) in [6.45, 7) is 3.22.